The van der Waals surface area contributed by atoms with Gasteiger partial charge in [0, 0.05) is 6.07 Å². The predicted molar refractivity (Wildman–Crippen MR) is 106 cm³/mol. The number of rotatable bonds is 3. The highest BCUT2D eigenvalue weighted by molar-refractivity contribution is 5.90. The molecule has 0 aliphatic carbocycles. The number of hydroxylamine groups is 1. The summed E-state index contributed by atoms with van der Waals surface area (Å²) in [7, 11) is 0. The average Bonchev–Trinajstić information content (AvgIpc) is 2.72. The standard InChI is InChI=1S/C23H20NO4/c1-22(2)23(18-13-7-4-8-14-18,28-21(25)17-11-5-3-6-12-17)24(26)19-15-9-10-16-20(19)27-22/h3-16H,1-2H3. The van der Waals surface area contributed by atoms with Gasteiger partial charge in [-0.15, -0.1) is 5.06 Å². The van der Waals surface area contributed by atoms with Gasteiger partial charge in [0.1, 0.15) is 0 Å². The predicted octanol–water partition coefficient (Wildman–Crippen LogP) is 4.84. The van der Waals surface area contributed by atoms with Gasteiger partial charge < -0.3 is 14.7 Å². The first-order valence-corrected chi connectivity index (χ1v) is 9.05. The van der Waals surface area contributed by atoms with Crippen molar-refractivity contribution in [3.8, 4) is 5.75 Å². The summed E-state index contributed by atoms with van der Waals surface area (Å²) in [5.74, 6) is -0.147. The molecule has 0 saturated heterocycles. The fraction of sp³-hybridized carbons (Fsp3) is 0.174. The van der Waals surface area contributed by atoms with Crippen LogP contribution < -0.4 is 9.80 Å². The molecule has 4 rings (SSSR count). The lowest BCUT2D eigenvalue weighted by Gasteiger charge is -2.48. The molecule has 0 spiro atoms. The summed E-state index contributed by atoms with van der Waals surface area (Å²) < 4.78 is 12.2. The molecule has 1 heterocycles. The van der Waals surface area contributed by atoms with E-state index in [9.17, 15) is 10.0 Å². The maximum atomic E-state index is 13.7. The maximum Gasteiger partial charge on any atom is 0.361 e. The van der Waals surface area contributed by atoms with Gasteiger partial charge in [0.05, 0.1) is 11.1 Å². The minimum absolute atomic E-state index is 0.312. The molecule has 0 amide bonds. The van der Waals surface area contributed by atoms with E-state index in [0.29, 0.717) is 22.6 Å². The van der Waals surface area contributed by atoms with Crippen LogP contribution in [0.15, 0.2) is 84.9 Å². The number of para-hydroxylation sites is 2. The summed E-state index contributed by atoms with van der Waals surface area (Å²) >= 11 is 0. The van der Waals surface area contributed by atoms with Gasteiger partial charge in [-0.3, -0.25) is 0 Å². The molecular formula is C23H20NO4. The van der Waals surface area contributed by atoms with Crippen molar-refractivity contribution in [1.29, 1.82) is 0 Å². The van der Waals surface area contributed by atoms with Crippen LogP contribution in [0.1, 0.15) is 29.8 Å². The third-order valence-corrected chi connectivity index (χ3v) is 4.97. The van der Waals surface area contributed by atoms with Gasteiger partial charge in [-0.05, 0) is 44.2 Å². The second kappa shape index (κ2) is 6.78. The summed E-state index contributed by atoms with van der Waals surface area (Å²) in [6.45, 7) is 3.50. The normalized spacial score (nSPS) is 20.7. The first kappa shape index (κ1) is 18.2. The highest BCUT2D eigenvalue weighted by Crippen LogP contribution is 2.51. The monoisotopic (exact) mass is 374 g/mol. The van der Waals surface area contributed by atoms with Crippen LogP contribution in [0, 0.1) is 5.21 Å². The number of nitrogens with zero attached hydrogens (tertiary/aromatic N) is 1. The van der Waals surface area contributed by atoms with Gasteiger partial charge in [-0.1, -0.05) is 48.5 Å². The Kier molecular flexibility index (Phi) is 4.41. The Bertz CT molecular complexity index is 988. The van der Waals surface area contributed by atoms with Crippen molar-refractivity contribution in [2.75, 3.05) is 0 Å². The van der Waals surface area contributed by atoms with Gasteiger partial charge in [-0.25, -0.2) is 4.79 Å². The fourth-order valence-corrected chi connectivity index (χ4v) is 3.59. The fourth-order valence-electron chi connectivity index (χ4n) is 3.59. The zero-order valence-corrected chi connectivity index (χ0v) is 15.7. The molecule has 1 aliphatic rings. The van der Waals surface area contributed by atoms with E-state index in [1.54, 1.807) is 86.6 Å². The quantitative estimate of drug-likeness (QED) is 0.374. The molecule has 1 radical (unpaired) electrons. The van der Waals surface area contributed by atoms with E-state index in [0.717, 1.165) is 5.06 Å². The van der Waals surface area contributed by atoms with Crippen molar-refractivity contribution in [2.45, 2.75) is 25.2 Å². The Hall–Kier alpha value is -3.15. The Balaban J connectivity index is 1.90. The molecule has 5 heteroatoms. The summed E-state index contributed by atoms with van der Waals surface area (Å²) in [5, 5.41) is 14.4. The lowest BCUT2D eigenvalue weighted by Crippen LogP contribution is -2.65. The summed E-state index contributed by atoms with van der Waals surface area (Å²) in [5.41, 5.74) is -1.65. The lowest BCUT2D eigenvalue weighted by molar-refractivity contribution is -0.173. The van der Waals surface area contributed by atoms with Crippen LogP contribution in [0.2, 0.25) is 0 Å². The lowest BCUT2D eigenvalue weighted by atomic mass is 9.84. The first-order chi connectivity index (χ1) is 13.5. The van der Waals surface area contributed by atoms with Gasteiger partial charge >= 0.3 is 11.7 Å². The molecule has 141 valence electrons. The molecule has 0 aromatic heterocycles. The van der Waals surface area contributed by atoms with E-state index >= 15 is 0 Å². The van der Waals surface area contributed by atoms with Crippen molar-refractivity contribution in [2.24, 2.45) is 0 Å². The Morgan fingerprint density at radius 2 is 1.46 bits per heavy atom. The van der Waals surface area contributed by atoms with E-state index in [2.05, 4.69) is 0 Å². The third kappa shape index (κ3) is 2.76. The molecule has 28 heavy (non-hydrogen) atoms. The highest BCUT2D eigenvalue weighted by atomic mass is 16.7. The van der Waals surface area contributed by atoms with Crippen molar-refractivity contribution < 1.29 is 14.3 Å². The summed E-state index contributed by atoms with van der Waals surface area (Å²) in [6, 6.07) is 24.5. The minimum atomic E-state index is -1.70. The number of carbonyl (C=O) groups is 1. The number of hydrogen-bond acceptors (Lipinski definition) is 5. The molecule has 0 bridgehead atoms. The molecule has 0 saturated carbocycles. The van der Waals surface area contributed by atoms with E-state index in [-0.39, 0.29) is 0 Å². The van der Waals surface area contributed by atoms with Crippen molar-refractivity contribution in [1.82, 2.24) is 5.06 Å². The smallest absolute Gasteiger partial charge is 0.361 e. The number of hydrogen-bond donors (Lipinski definition) is 0. The number of benzene rings is 3. The molecular weight excluding hydrogens is 354 g/mol. The maximum absolute atomic E-state index is 13.7. The first-order valence-electron chi connectivity index (χ1n) is 9.05. The number of carbonyl (C=O) groups excluding carboxylic acids is 1. The van der Waals surface area contributed by atoms with Crippen LogP contribution in [0.3, 0.4) is 0 Å². The van der Waals surface area contributed by atoms with Gasteiger partial charge in [0.15, 0.2) is 5.75 Å². The van der Waals surface area contributed by atoms with Crippen molar-refractivity contribution in [3.05, 3.63) is 101 Å². The van der Waals surface area contributed by atoms with Crippen molar-refractivity contribution >= 4 is 11.7 Å². The average molecular weight is 374 g/mol. The zero-order valence-electron chi connectivity index (χ0n) is 15.7. The molecule has 1 aliphatic heterocycles. The van der Waals surface area contributed by atoms with Crippen LogP contribution in [0.4, 0.5) is 5.69 Å². The molecule has 3 aromatic carbocycles. The Morgan fingerprint density at radius 3 is 2.14 bits per heavy atom. The Morgan fingerprint density at radius 1 is 0.893 bits per heavy atom. The van der Waals surface area contributed by atoms with Crippen LogP contribution in [0.5, 0.6) is 5.75 Å². The van der Waals surface area contributed by atoms with Crippen LogP contribution >= 0.6 is 0 Å². The van der Waals surface area contributed by atoms with Crippen LogP contribution in [0.25, 0.3) is 0 Å². The van der Waals surface area contributed by atoms with E-state index in [1.165, 1.54) is 0 Å². The highest BCUT2D eigenvalue weighted by Gasteiger charge is 2.65. The van der Waals surface area contributed by atoms with Crippen molar-refractivity contribution in [3.63, 3.8) is 0 Å². The number of ether oxygens (including phenoxy) is 2. The van der Waals surface area contributed by atoms with Gasteiger partial charge in [-0.2, -0.15) is 0 Å². The molecule has 1 atom stereocenters. The van der Waals surface area contributed by atoms with E-state index in [4.69, 9.17) is 9.47 Å². The molecule has 5 nitrogen and oxygen atoms in total. The number of anilines is 1. The second-order valence-corrected chi connectivity index (χ2v) is 7.14. The SMILES string of the molecule is CC1(C)Oc2ccccc2[N+]([O-])C1(OC(=O)c1ccccc1)c1ccccc1. The summed E-state index contributed by atoms with van der Waals surface area (Å²) in [4.78, 5) is 13.0. The summed E-state index contributed by atoms with van der Waals surface area (Å²) in [6.07, 6.45) is 0. The minimum Gasteiger partial charge on any atom is -0.572 e. The third-order valence-electron chi connectivity index (χ3n) is 4.97. The molecule has 1 unspecified atom stereocenters. The van der Waals surface area contributed by atoms with E-state index in [1.807, 2.05) is 12.1 Å². The largest absolute Gasteiger partial charge is 0.572 e. The van der Waals surface area contributed by atoms with E-state index < -0.39 is 17.3 Å². The second-order valence-electron chi connectivity index (χ2n) is 7.14. The van der Waals surface area contributed by atoms with Crippen LogP contribution in [-0.4, -0.2) is 11.6 Å². The van der Waals surface area contributed by atoms with Gasteiger partial charge in [0.2, 0.25) is 11.3 Å². The number of fused-ring (bicyclic) bond motifs is 1. The molecule has 3 aromatic rings. The van der Waals surface area contributed by atoms with Crippen LogP contribution in [-0.2, 0) is 10.5 Å². The number of esters is 1. The topological polar surface area (TPSA) is 64.5 Å². The van der Waals surface area contributed by atoms with Gasteiger partial charge in [0.25, 0.3) is 0 Å². The zero-order chi connectivity index (χ0) is 19.8. The molecule has 0 N–H and O–H groups in total. The molecule has 0 fully saturated rings. The Labute approximate surface area is 163 Å².